The molecule has 0 fully saturated rings. The molecular formula is C14H10ClF3N4O2S2. The van der Waals surface area contributed by atoms with Crippen LogP contribution in [0.25, 0.3) is 21.6 Å². The molecule has 1 N–H and O–H groups in total. The highest BCUT2D eigenvalue weighted by molar-refractivity contribution is 7.99. The Labute approximate surface area is 158 Å². The van der Waals surface area contributed by atoms with E-state index >= 15 is 0 Å². The van der Waals surface area contributed by atoms with Crippen LogP contribution >= 0.6 is 34.7 Å². The molecule has 0 aliphatic carbocycles. The molecule has 0 bridgehead atoms. The van der Waals surface area contributed by atoms with Gasteiger partial charge in [-0.15, -0.1) is 22.0 Å². The number of thioether (sulfide) groups is 1. The van der Waals surface area contributed by atoms with Gasteiger partial charge >= 0.3 is 12.1 Å². The predicted octanol–water partition coefficient (Wildman–Crippen LogP) is 4.41. The van der Waals surface area contributed by atoms with Crippen LogP contribution in [0.2, 0.25) is 5.02 Å². The van der Waals surface area contributed by atoms with E-state index < -0.39 is 11.2 Å². The average molecular weight is 423 g/mol. The van der Waals surface area contributed by atoms with Crippen molar-refractivity contribution in [1.82, 2.24) is 20.4 Å². The number of rotatable bonds is 5. The van der Waals surface area contributed by atoms with Crippen molar-refractivity contribution in [2.75, 3.05) is 12.9 Å². The second kappa shape index (κ2) is 7.41. The molecule has 0 saturated heterocycles. The number of nitrogens with one attached hydrogen (secondary N) is 1. The van der Waals surface area contributed by atoms with Crippen molar-refractivity contribution < 1.29 is 22.7 Å². The first kappa shape index (κ1) is 18.9. The predicted molar refractivity (Wildman–Crippen MR) is 92.4 cm³/mol. The van der Waals surface area contributed by atoms with Crippen LogP contribution in [0.1, 0.15) is 11.4 Å². The van der Waals surface area contributed by atoms with Crippen molar-refractivity contribution in [2.45, 2.75) is 17.5 Å². The number of halogens is 4. The van der Waals surface area contributed by atoms with E-state index in [4.69, 9.17) is 11.6 Å². The van der Waals surface area contributed by atoms with E-state index in [0.717, 1.165) is 4.90 Å². The van der Waals surface area contributed by atoms with Crippen molar-refractivity contribution >= 4 is 51.6 Å². The molecule has 12 heteroatoms. The van der Waals surface area contributed by atoms with E-state index in [1.807, 2.05) is 0 Å². The highest BCUT2D eigenvalue weighted by Crippen LogP contribution is 2.38. The summed E-state index contributed by atoms with van der Waals surface area (Å²) >= 11 is 8.00. The van der Waals surface area contributed by atoms with Crippen LogP contribution in [0, 0.1) is 0 Å². The number of benzene rings is 1. The van der Waals surface area contributed by atoms with Crippen LogP contribution in [0.4, 0.5) is 13.2 Å². The molecule has 26 heavy (non-hydrogen) atoms. The standard InChI is InChI=1S/C14H10ClF3N4O2S2/c1-24-9(23)2-3-25-6-4-7-10(8(15)5-6)19-20-11(7)12-21-22-13(26-12)14(16,17)18/h4-5H,2-3H2,1H3,(H,19,20). The van der Waals surface area contributed by atoms with Gasteiger partial charge in [-0.2, -0.15) is 18.3 Å². The van der Waals surface area contributed by atoms with E-state index in [1.165, 1.54) is 18.9 Å². The Morgan fingerprint density at radius 3 is 2.81 bits per heavy atom. The van der Waals surface area contributed by atoms with Crippen LogP contribution in [-0.4, -0.2) is 39.2 Å². The number of carbonyl (C=O) groups excluding carboxylic acids is 1. The fourth-order valence-electron chi connectivity index (χ4n) is 2.09. The number of fused-ring (bicyclic) bond motifs is 1. The summed E-state index contributed by atoms with van der Waals surface area (Å²) in [6.07, 6.45) is -4.33. The fourth-order valence-corrected chi connectivity index (χ4v) is 4.04. The molecular weight excluding hydrogens is 413 g/mol. The Hall–Kier alpha value is -1.85. The monoisotopic (exact) mass is 422 g/mol. The summed E-state index contributed by atoms with van der Waals surface area (Å²) < 4.78 is 42.8. The molecule has 0 amide bonds. The zero-order valence-corrected chi connectivity index (χ0v) is 15.4. The largest absolute Gasteiger partial charge is 0.469 e. The lowest BCUT2D eigenvalue weighted by atomic mass is 10.2. The second-order valence-electron chi connectivity index (χ2n) is 4.98. The lowest BCUT2D eigenvalue weighted by Crippen LogP contribution is -2.03. The summed E-state index contributed by atoms with van der Waals surface area (Å²) in [5, 5.41) is 13.4. The number of nitrogens with zero attached hydrogens (tertiary/aromatic N) is 3. The topological polar surface area (TPSA) is 80.8 Å². The fraction of sp³-hybridized carbons (Fsp3) is 0.286. The first-order valence-electron chi connectivity index (χ1n) is 7.08. The van der Waals surface area contributed by atoms with Gasteiger partial charge in [0.15, 0.2) is 5.01 Å². The van der Waals surface area contributed by atoms with Crippen molar-refractivity contribution in [3.05, 3.63) is 22.2 Å². The number of ether oxygens (including phenoxy) is 1. The number of carbonyl (C=O) groups is 1. The lowest BCUT2D eigenvalue weighted by molar-refractivity contribution is -0.140. The quantitative estimate of drug-likeness (QED) is 0.484. The van der Waals surface area contributed by atoms with Crippen LogP contribution in [-0.2, 0) is 15.7 Å². The van der Waals surface area contributed by atoms with Gasteiger partial charge in [0.2, 0.25) is 5.01 Å². The summed E-state index contributed by atoms with van der Waals surface area (Å²) in [6.45, 7) is 0. The van der Waals surface area contributed by atoms with E-state index in [9.17, 15) is 18.0 Å². The maximum absolute atomic E-state index is 12.7. The summed E-state index contributed by atoms with van der Waals surface area (Å²) in [7, 11) is 1.31. The summed E-state index contributed by atoms with van der Waals surface area (Å²) in [5.41, 5.74) is 0.730. The van der Waals surface area contributed by atoms with Crippen molar-refractivity contribution in [1.29, 1.82) is 0 Å². The summed E-state index contributed by atoms with van der Waals surface area (Å²) in [4.78, 5) is 11.9. The highest BCUT2D eigenvalue weighted by atomic mass is 35.5. The number of H-pyrrole nitrogens is 1. The number of aromatic nitrogens is 4. The Bertz CT molecular complexity index is 957. The van der Waals surface area contributed by atoms with Gasteiger partial charge in [-0.25, -0.2) is 0 Å². The molecule has 0 radical (unpaired) electrons. The van der Waals surface area contributed by atoms with Gasteiger partial charge < -0.3 is 4.74 Å². The molecule has 1 aromatic carbocycles. The van der Waals surface area contributed by atoms with Crippen molar-refractivity contribution in [2.24, 2.45) is 0 Å². The van der Waals surface area contributed by atoms with Gasteiger partial charge in [0.1, 0.15) is 11.2 Å². The minimum atomic E-state index is -4.56. The van der Waals surface area contributed by atoms with Gasteiger partial charge in [-0.3, -0.25) is 9.89 Å². The molecule has 0 aliphatic heterocycles. The second-order valence-corrected chi connectivity index (χ2v) is 7.54. The van der Waals surface area contributed by atoms with Crippen LogP contribution < -0.4 is 0 Å². The number of aromatic amines is 1. The molecule has 0 saturated carbocycles. The molecule has 0 unspecified atom stereocenters. The SMILES string of the molecule is COC(=O)CCSc1cc(Cl)c2n[nH]c(-c3nnc(C(F)(F)F)s3)c2c1. The molecule has 2 heterocycles. The lowest BCUT2D eigenvalue weighted by Gasteiger charge is -2.03. The molecule has 0 aliphatic rings. The number of hydrogen-bond donors (Lipinski definition) is 1. The van der Waals surface area contributed by atoms with E-state index in [2.05, 4.69) is 25.1 Å². The summed E-state index contributed by atoms with van der Waals surface area (Å²) in [5.74, 6) is 0.140. The molecule has 6 nitrogen and oxygen atoms in total. The third-order valence-corrected chi connectivity index (χ3v) is 5.52. The minimum Gasteiger partial charge on any atom is -0.469 e. The van der Waals surface area contributed by atoms with E-state index in [-0.39, 0.29) is 17.4 Å². The smallest absolute Gasteiger partial charge is 0.445 e. The van der Waals surface area contributed by atoms with Crippen LogP contribution in [0.3, 0.4) is 0 Å². The minimum absolute atomic E-state index is 0.0626. The van der Waals surface area contributed by atoms with Crippen molar-refractivity contribution in [3.8, 4) is 10.7 Å². The van der Waals surface area contributed by atoms with Gasteiger partial charge in [0, 0.05) is 16.0 Å². The number of alkyl halides is 3. The first-order chi connectivity index (χ1) is 12.3. The third kappa shape index (κ3) is 3.94. The van der Waals surface area contributed by atoms with Gasteiger partial charge in [-0.05, 0) is 12.1 Å². The van der Waals surface area contributed by atoms with Gasteiger partial charge in [0.25, 0.3) is 0 Å². The van der Waals surface area contributed by atoms with Crippen molar-refractivity contribution in [3.63, 3.8) is 0 Å². The molecule has 2 aromatic heterocycles. The normalized spacial score (nSPS) is 11.9. The Morgan fingerprint density at radius 1 is 1.38 bits per heavy atom. The maximum atomic E-state index is 12.7. The van der Waals surface area contributed by atoms with E-state index in [0.29, 0.717) is 38.7 Å². The van der Waals surface area contributed by atoms with Crippen LogP contribution in [0.5, 0.6) is 0 Å². The number of hydrogen-bond acceptors (Lipinski definition) is 7. The molecule has 0 atom stereocenters. The Balaban J connectivity index is 1.92. The highest BCUT2D eigenvalue weighted by Gasteiger charge is 2.36. The average Bonchev–Trinajstić information content (AvgIpc) is 3.20. The molecule has 0 spiro atoms. The first-order valence-corrected chi connectivity index (χ1v) is 9.26. The van der Waals surface area contributed by atoms with Crippen LogP contribution in [0.15, 0.2) is 17.0 Å². The van der Waals surface area contributed by atoms with E-state index in [1.54, 1.807) is 12.1 Å². The number of methoxy groups -OCH3 is 1. The zero-order chi connectivity index (χ0) is 18.9. The number of esters is 1. The summed E-state index contributed by atoms with van der Waals surface area (Å²) in [6, 6.07) is 3.41. The third-order valence-electron chi connectivity index (χ3n) is 3.27. The Kier molecular flexibility index (Phi) is 5.39. The van der Waals surface area contributed by atoms with Gasteiger partial charge in [0.05, 0.1) is 18.6 Å². The maximum Gasteiger partial charge on any atom is 0.445 e. The molecule has 3 aromatic rings. The van der Waals surface area contributed by atoms with Gasteiger partial charge in [-0.1, -0.05) is 22.9 Å². The Morgan fingerprint density at radius 2 is 2.15 bits per heavy atom. The molecule has 138 valence electrons. The molecule has 3 rings (SSSR count). The zero-order valence-electron chi connectivity index (χ0n) is 13.1.